The first kappa shape index (κ1) is 12.6. The van der Waals surface area contributed by atoms with Gasteiger partial charge in [0, 0.05) is 12.0 Å². The average molecular weight is 256 g/mol. The summed E-state index contributed by atoms with van der Waals surface area (Å²) < 4.78 is 25.7. The number of thioether (sulfide) groups is 1. The van der Waals surface area contributed by atoms with E-state index in [9.17, 15) is 13.6 Å². The number of ketones is 1. The van der Waals surface area contributed by atoms with Crippen molar-refractivity contribution in [2.45, 2.75) is 19.3 Å². The molecule has 1 heterocycles. The number of hydrogen-bond donors (Lipinski definition) is 0. The van der Waals surface area contributed by atoms with Gasteiger partial charge in [0.2, 0.25) is 0 Å². The molecule has 0 atom stereocenters. The zero-order chi connectivity index (χ0) is 12.3. The predicted molar refractivity (Wildman–Crippen MR) is 65.4 cm³/mol. The van der Waals surface area contributed by atoms with Gasteiger partial charge >= 0.3 is 0 Å². The summed E-state index contributed by atoms with van der Waals surface area (Å²) in [4.78, 5) is 11.9. The minimum atomic E-state index is -0.949. The summed E-state index contributed by atoms with van der Waals surface area (Å²) in [5.41, 5.74) is 0.280. The first-order valence-electron chi connectivity index (χ1n) is 5.73. The lowest BCUT2D eigenvalue weighted by Gasteiger charge is -2.20. The summed E-state index contributed by atoms with van der Waals surface area (Å²) in [6.45, 7) is 0. The van der Waals surface area contributed by atoms with Crippen LogP contribution in [-0.4, -0.2) is 17.3 Å². The molecule has 0 N–H and O–H groups in total. The maximum absolute atomic E-state index is 13.0. The SMILES string of the molecule is O=C(CC1CCSCC1)c1ccc(F)c(F)c1. The van der Waals surface area contributed by atoms with E-state index >= 15 is 0 Å². The molecule has 1 fully saturated rings. The fourth-order valence-electron chi connectivity index (χ4n) is 2.00. The molecule has 1 aromatic rings. The number of carbonyl (C=O) groups excluding carboxylic acids is 1. The van der Waals surface area contributed by atoms with Crippen LogP contribution in [0.25, 0.3) is 0 Å². The second-order valence-corrected chi connectivity index (χ2v) is 5.54. The number of halogens is 2. The molecule has 0 aromatic heterocycles. The number of benzene rings is 1. The summed E-state index contributed by atoms with van der Waals surface area (Å²) in [6, 6.07) is 3.37. The maximum Gasteiger partial charge on any atom is 0.163 e. The molecule has 0 radical (unpaired) electrons. The van der Waals surface area contributed by atoms with E-state index in [1.165, 1.54) is 6.07 Å². The molecule has 2 rings (SSSR count). The molecule has 1 aliphatic rings. The van der Waals surface area contributed by atoms with E-state index < -0.39 is 11.6 Å². The van der Waals surface area contributed by atoms with Crippen LogP contribution in [0, 0.1) is 17.6 Å². The third kappa shape index (κ3) is 3.28. The van der Waals surface area contributed by atoms with Crippen molar-refractivity contribution >= 4 is 17.5 Å². The van der Waals surface area contributed by atoms with Gasteiger partial charge in [0.15, 0.2) is 17.4 Å². The van der Waals surface area contributed by atoms with Crippen molar-refractivity contribution in [2.24, 2.45) is 5.92 Å². The minimum Gasteiger partial charge on any atom is -0.294 e. The highest BCUT2D eigenvalue weighted by Gasteiger charge is 2.18. The van der Waals surface area contributed by atoms with Gasteiger partial charge in [-0.25, -0.2) is 8.78 Å². The third-order valence-electron chi connectivity index (χ3n) is 3.06. The molecule has 92 valence electrons. The smallest absolute Gasteiger partial charge is 0.163 e. The van der Waals surface area contributed by atoms with Crippen molar-refractivity contribution in [3.8, 4) is 0 Å². The minimum absolute atomic E-state index is 0.0826. The Morgan fingerprint density at radius 3 is 2.59 bits per heavy atom. The summed E-state index contributed by atoms with van der Waals surface area (Å²) in [6.07, 6.45) is 2.53. The Kier molecular flexibility index (Phi) is 4.15. The van der Waals surface area contributed by atoms with Crippen molar-refractivity contribution in [1.29, 1.82) is 0 Å². The van der Waals surface area contributed by atoms with Crippen molar-refractivity contribution in [1.82, 2.24) is 0 Å². The zero-order valence-corrected chi connectivity index (χ0v) is 10.2. The van der Waals surface area contributed by atoms with Gasteiger partial charge < -0.3 is 0 Å². The van der Waals surface area contributed by atoms with Crippen LogP contribution in [0.1, 0.15) is 29.6 Å². The molecule has 1 aliphatic heterocycles. The Balaban J connectivity index is 2.01. The molecular weight excluding hydrogens is 242 g/mol. The van der Waals surface area contributed by atoms with E-state index in [-0.39, 0.29) is 11.3 Å². The Morgan fingerprint density at radius 2 is 1.94 bits per heavy atom. The van der Waals surface area contributed by atoms with Gasteiger partial charge in [-0.2, -0.15) is 11.8 Å². The number of carbonyl (C=O) groups is 1. The van der Waals surface area contributed by atoms with Gasteiger partial charge in [0.1, 0.15) is 0 Å². The van der Waals surface area contributed by atoms with Gasteiger partial charge in [-0.3, -0.25) is 4.79 Å². The second kappa shape index (κ2) is 5.63. The number of Topliss-reactive ketones (excluding diaryl/α,β-unsaturated/α-hetero) is 1. The van der Waals surface area contributed by atoms with Gasteiger partial charge in [0.05, 0.1) is 0 Å². The average Bonchev–Trinajstić information content (AvgIpc) is 2.34. The normalized spacial score (nSPS) is 17.1. The van der Waals surface area contributed by atoms with E-state index in [1.807, 2.05) is 11.8 Å². The van der Waals surface area contributed by atoms with Crippen LogP contribution in [0.4, 0.5) is 8.78 Å². The summed E-state index contributed by atoms with van der Waals surface area (Å²) in [7, 11) is 0. The Hall–Kier alpha value is -0.900. The Morgan fingerprint density at radius 1 is 1.24 bits per heavy atom. The van der Waals surface area contributed by atoms with Gasteiger partial charge in [0.25, 0.3) is 0 Å². The molecule has 0 saturated carbocycles. The quantitative estimate of drug-likeness (QED) is 0.767. The first-order valence-corrected chi connectivity index (χ1v) is 6.88. The molecule has 0 amide bonds. The van der Waals surface area contributed by atoms with Crippen LogP contribution in [0.5, 0.6) is 0 Å². The van der Waals surface area contributed by atoms with Crippen LogP contribution in [-0.2, 0) is 0 Å². The molecule has 17 heavy (non-hydrogen) atoms. The van der Waals surface area contributed by atoms with Crippen LogP contribution < -0.4 is 0 Å². The summed E-state index contributed by atoms with van der Waals surface area (Å²) in [5.74, 6) is 0.647. The maximum atomic E-state index is 13.0. The van der Waals surface area contributed by atoms with Crippen LogP contribution >= 0.6 is 11.8 Å². The van der Waals surface area contributed by atoms with Crippen molar-refractivity contribution < 1.29 is 13.6 Å². The van der Waals surface area contributed by atoms with Crippen LogP contribution in [0.15, 0.2) is 18.2 Å². The number of rotatable bonds is 3. The molecule has 4 heteroatoms. The van der Waals surface area contributed by atoms with E-state index in [1.54, 1.807) is 0 Å². The lowest BCUT2D eigenvalue weighted by Crippen LogP contribution is -2.14. The van der Waals surface area contributed by atoms with Crippen LogP contribution in [0.3, 0.4) is 0 Å². The first-order chi connectivity index (χ1) is 8.16. The zero-order valence-electron chi connectivity index (χ0n) is 9.42. The van der Waals surface area contributed by atoms with E-state index in [0.717, 1.165) is 36.5 Å². The lowest BCUT2D eigenvalue weighted by molar-refractivity contribution is 0.0958. The van der Waals surface area contributed by atoms with Crippen molar-refractivity contribution in [3.05, 3.63) is 35.4 Å². The summed E-state index contributed by atoms with van der Waals surface area (Å²) >= 11 is 1.91. The van der Waals surface area contributed by atoms with Crippen LogP contribution in [0.2, 0.25) is 0 Å². The summed E-state index contributed by atoms with van der Waals surface area (Å²) in [5, 5.41) is 0. The molecule has 0 spiro atoms. The lowest BCUT2D eigenvalue weighted by atomic mass is 9.93. The topological polar surface area (TPSA) is 17.1 Å². The standard InChI is InChI=1S/C13H14F2OS/c14-11-2-1-10(8-12(11)15)13(16)7-9-3-5-17-6-4-9/h1-2,8-9H,3-7H2. The highest BCUT2D eigenvalue weighted by molar-refractivity contribution is 7.99. The molecule has 1 aromatic carbocycles. The van der Waals surface area contributed by atoms with Crippen molar-refractivity contribution in [2.75, 3.05) is 11.5 Å². The molecule has 1 nitrogen and oxygen atoms in total. The molecule has 1 saturated heterocycles. The second-order valence-electron chi connectivity index (χ2n) is 4.31. The van der Waals surface area contributed by atoms with Gasteiger partial charge in [-0.15, -0.1) is 0 Å². The largest absolute Gasteiger partial charge is 0.294 e. The molecule has 0 bridgehead atoms. The highest BCUT2D eigenvalue weighted by atomic mass is 32.2. The number of hydrogen-bond acceptors (Lipinski definition) is 2. The fourth-order valence-corrected chi connectivity index (χ4v) is 3.20. The van der Waals surface area contributed by atoms with E-state index in [4.69, 9.17) is 0 Å². The molecule has 0 aliphatic carbocycles. The van der Waals surface area contributed by atoms with E-state index in [0.29, 0.717) is 12.3 Å². The molecular formula is C13H14F2OS. The molecule has 0 unspecified atom stereocenters. The predicted octanol–water partition coefficient (Wildman–Crippen LogP) is 3.68. The fraction of sp³-hybridized carbons (Fsp3) is 0.462. The van der Waals surface area contributed by atoms with Crippen molar-refractivity contribution in [3.63, 3.8) is 0 Å². The Bertz CT molecular complexity index is 414. The Labute approximate surface area is 104 Å². The third-order valence-corrected chi connectivity index (χ3v) is 4.11. The van der Waals surface area contributed by atoms with E-state index in [2.05, 4.69) is 0 Å². The van der Waals surface area contributed by atoms with Gasteiger partial charge in [-0.05, 0) is 48.5 Å². The monoisotopic (exact) mass is 256 g/mol. The highest BCUT2D eigenvalue weighted by Crippen LogP contribution is 2.26. The van der Waals surface area contributed by atoms with Gasteiger partial charge in [-0.1, -0.05) is 0 Å².